The Hall–Kier alpha value is -0.870. The summed E-state index contributed by atoms with van der Waals surface area (Å²) in [7, 11) is -8.03. The monoisotopic (exact) mass is 287 g/mol. The SMILES string of the molecule is CC1(CS(=O)(=O)CCS(=O)(=O)O)COC(=O)N1. The zero-order valence-corrected chi connectivity index (χ0v) is 10.7. The molecule has 1 amide bonds. The Kier molecular flexibility index (Phi) is 3.69. The van der Waals surface area contributed by atoms with Crippen LogP contribution in [0.2, 0.25) is 0 Å². The summed E-state index contributed by atoms with van der Waals surface area (Å²) < 4.78 is 57.1. The van der Waals surface area contributed by atoms with Crippen molar-refractivity contribution in [1.82, 2.24) is 5.32 Å². The molecule has 8 nitrogen and oxygen atoms in total. The van der Waals surface area contributed by atoms with E-state index in [-0.39, 0.29) is 6.61 Å². The molecule has 1 aliphatic rings. The van der Waals surface area contributed by atoms with Gasteiger partial charge in [-0.15, -0.1) is 0 Å². The first-order valence-electron chi connectivity index (χ1n) is 4.62. The van der Waals surface area contributed by atoms with Crippen molar-refractivity contribution in [2.75, 3.05) is 23.9 Å². The Balaban J connectivity index is 2.64. The van der Waals surface area contributed by atoms with Gasteiger partial charge in [0.05, 0.1) is 22.8 Å². The number of hydrogen-bond donors (Lipinski definition) is 2. The Morgan fingerprint density at radius 1 is 1.35 bits per heavy atom. The van der Waals surface area contributed by atoms with E-state index in [1.165, 1.54) is 6.92 Å². The minimum atomic E-state index is -4.32. The van der Waals surface area contributed by atoms with Gasteiger partial charge in [0.15, 0.2) is 9.84 Å². The number of alkyl carbamates (subject to hydrolysis) is 1. The van der Waals surface area contributed by atoms with E-state index >= 15 is 0 Å². The number of cyclic esters (lactones) is 1. The summed E-state index contributed by atoms with van der Waals surface area (Å²) in [5.74, 6) is -2.00. The summed E-state index contributed by atoms with van der Waals surface area (Å²) in [5, 5.41) is 2.33. The molecule has 17 heavy (non-hydrogen) atoms. The molecule has 0 bridgehead atoms. The maximum absolute atomic E-state index is 11.6. The molecule has 0 aromatic rings. The quantitative estimate of drug-likeness (QED) is 0.607. The number of carbonyl (C=O) groups is 1. The molecular formula is C7H13NO7S2. The first-order chi connectivity index (χ1) is 7.52. The van der Waals surface area contributed by atoms with Crippen LogP contribution in [-0.4, -0.2) is 56.9 Å². The molecule has 0 radical (unpaired) electrons. The van der Waals surface area contributed by atoms with Crippen LogP contribution in [0.4, 0.5) is 4.79 Å². The van der Waals surface area contributed by atoms with Crippen LogP contribution in [0, 0.1) is 0 Å². The molecule has 1 atom stereocenters. The van der Waals surface area contributed by atoms with E-state index < -0.39 is 48.8 Å². The summed E-state index contributed by atoms with van der Waals surface area (Å²) in [6.07, 6.45) is -0.711. The summed E-state index contributed by atoms with van der Waals surface area (Å²) in [6.45, 7) is 1.37. The second-order valence-corrected chi connectivity index (χ2v) is 7.90. The largest absolute Gasteiger partial charge is 0.447 e. The third-order valence-electron chi connectivity index (χ3n) is 2.12. The number of nitrogens with one attached hydrogen (secondary N) is 1. The van der Waals surface area contributed by atoms with Crippen LogP contribution in [0.15, 0.2) is 0 Å². The van der Waals surface area contributed by atoms with Crippen LogP contribution < -0.4 is 5.32 Å². The van der Waals surface area contributed by atoms with E-state index in [1.54, 1.807) is 0 Å². The summed E-state index contributed by atoms with van der Waals surface area (Å²) in [6, 6.07) is 0. The van der Waals surface area contributed by atoms with Gasteiger partial charge in [-0.05, 0) is 6.92 Å². The number of rotatable bonds is 5. The number of ether oxygens (including phenoxy) is 1. The highest BCUT2D eigenvalue weighted by Gasteiger charge is 2.39. The third kappa shape index (κ3) is 4.88. The highest BCUT2D eigenvalue weighted by molar-refractivity contribution is 7.93. The number of hydrogen-bond acceptors (Lipinski definition) is 6. The molecule has 0 aromatic heterocycles. The van der Waals surface area contributed by atoms with E-state index in [0.29, 0.717) is 0 Å². The number of sulfone groups is 1. The molecule has 1 saturated heterocycles. The molecular weight excluding hydrogens is 274 g/mol. The van der Waals surface area contributed by atoms with E-state index in [0.717, 1.165) is 0 Å². The normalized spacial score (nSPS) is 25.4. The van der Waals surface area contributed by atoms with E-state index in [1.807, 2.05) is 0 Å². The highest BCUT2D eigenvalue weighted by atomic mass is 32.2. The lowest BCUT2D eigenvalue weighted by Gasteiger charge is -2.20. The second-order valence-electron chi connectivity index (χ2n) is 4.14. The lowest BCUT2D eigenvalue weighted by Crippen LogP contribution is -2.47. The fourth-order valence-corrected chi connectivity index (χ4v) is 4.54. The molecule has 1 aliphatic heterocycles. The molecule has 0 saturated carbocycles. The zero-order valence-electron chi connectivity index (χ0n) is 9.04. The number of carbonyl (C=O) groups excluding carboxylic acids is 1. The van der Waals surface area contributed by atoms with Crippen LogP contribution in [0.5, 0.6) is 0 Å². The molecule has 100 valence electrons. The summed E-state index contributed by atoms with van der Waals surface area (Å²) >= 11 is 0. The van der Waals surface area contributed by atoms with Gasteiger partial charge in [0, 0.05) is 0 Å². The lowest BCUT2D eigenvalue weighted by molar-refractivity contribution is 0.174. The van der Waals surface area contributed by atoms with Gasteiger partial charge < -0.3 is 10.1 Å². The van der Waals surface area contributed by atoms with Gasteiger partial charge in [0.25, 0.3) is 10.1 Å². The van der Waals surface area contributed by atoms with Crippen molar-refractivity contribution in [2.24, 2.45) is 0 Å². The standard InChI is InChI=1S/C7H13NO7S2/c1-7(4-15-6(9)8-7)5-16(10,11)2-3-17(12,13)14/h2-5H2,1H3,(H,8,9)(H,12,13,14). The average Bonchev–Trinajstić information content (AvgIpc) is 2.40. The zero-order chi connectivity index (χ0) is 13.3. The molecule has 1 rings (SSSR count). The van der Waals surface area contributed by atoms with Crippen molar-refractivity contribution in [3.05, 3.63) is 0 Å². The van der Waals surface area contributed by atoms with Gasteiger partial charge in [0.1, 0.15) is 6.61 Å². The fourth-order valence-electron chi connectivity index (χ4n) is 1.41. The Morgan fingerprint density at radius 2 is 1.94 bits per heavy atom. The molecule has 2 N–H and O–H groups in total. The van der Waals surface area contributed by atoms with Crippen LogP contribution in [-0.2, 0) is 24.7 Å². The molecule has 1 heterocycles. The predicted molar refractivity (Wildman–Crippen MR) is 58.0 cm³/mol. The fraction of sp³-hybridized carbons (Fsp3) is 0.857. The Morgan fingerprint density at radius 3 is 2.35 bits per heavy atom. The summed E-state index contributed by atoms with van der Waals surface area (Å²) in [5.41, 5.74) is -1.06. The van der Waals surface area contributed by atoms with Gasteiger partial charge >= 0.3 is 6.09 Å². The second kappa shape index (κ2) is 4.42. The van der Waals surface area contributed by atoms with Crippen LogP contribution in [0.25, 0.3) is 0 Å². The lowest BCUT2D eigenvalue weighted by atomic mass is 10.1. The van der Waals surface area contributed by atoms with Crippen molar-refractivity contribution < 1.29 is 30.9 Å². The molecule has 0 spiro atoms. The maximum atomic E-state index is 11.6. The van der Waals surface area contributed by atoms with Crippen LogP contribution in [0.3, 0.4) is 0 Å². The molecule has 0 aliphatic carbocycles. The van der Waals surface area contributed by atoms with E-state index in [2.05, 4.69) is 10.1 Å². The molecule has 10 heteroatoms. The Bertz CT molecular complexity index is 508. The summed E-state index contributed by atoms with van der Waals surface area (Å²) in [4.78, 5) is 10.8. The Labute approximate surface area is 99.0 Å². The van der Waals surface area contributed by atoms with Crippen molar-refractivity contribution in [3.63, 3.8) is 0 Å². The van der Waals surface area contributed by atoms with Gasteiger partial charge in [0.2, 0.25) is 0 Å². The van der Waals surface area contributed by atoms with Crippen molar-refractivity contribution in [3.8, 4) is 0 Å². The first kappa shape index (κ1) is 14.2. The third-order valence-corrected chi connectivity index (χ3v) is 5.00. The van der Waals surface area contributed by atoms with Gasteiger partial charge in [-0.1, -0.05) is 0 Å². The molecule has 0 aromatic carbocycles. The molecule has 1 fully saturated rings. The predicted octanol–water partition coefficient (Wildman–Crippen LogP) is -1.21. The van der Waals surface area contributed by atoms with Crippen LogP contribution in [0.1, 0.15) is 6.92 Å². The highest BCUT2D eigenvalue weighted by Crippen LogP contribution is 2.15. The average molecular weight is 287 g/mol. The minimum absolute atomic E-state index is 0.100. The first-order valence-corrected chi connectivity index (χ1v) is 8.05. The topological polar surface area (TPSA) is 127 Å². The van der Waals surface area contributed by atoms with Crippen molar-refractivity contribution in [2.45, 2.75) is 12.5 Å². The smallest absolute Gasteiger partial charge is 0.407 e. The maximum Gasteiger partial charge on any atom is 0.407 e. The van der Waals surface area contributed by atoms with Gasteiger partial charge in [-0.2, -0.15) is 8.42 Å². The van der Waals surface area contributed by atoms with Crippen LogP contribution >= 0.6 is 0 Å². The van der Waals surface area contributed by atoms with Gasteiger partial charge in [-0.3, -0.25) is 4.55 Å². The number of amides is 1. The minimum Gasteiger partial charge on any atom is -0.447 e. The molecule has 1 unspecified atom stereocenters. The van der Waals surface area contributed by atoms with E-state index in [9.17, 15) is 21.6 Å². The van der Waals surface area contributed by atoms with Gasteiger partial charge in [-0.25, -0.2) is 13.2 Å². The van der Waals surface area contributed by atoms with E-state index in [4.69, 9.17) is 4.55 Å². The van der Waals surface area contributed by atoms with Crippen molar-refractivity contribution in [1.29, 1.82) is 0 Å². The van der Waals surface area contributed by atoms with Crippen molar-refractivity contribution >= 4 is 26.0 Å².